The highest BCUT2D eigenvalue weighted by molar-refractivity contribution is 9.10. The van der Waals surface area contributed by atoms with E-state index in [0.29, 0.717) is 18.0 Å². The SMILES string of the molecule is COc1ccc([C@H](C)N[C@H](C)[C@H]2CCOC2)c(Br)c1. The summed E-state index contributed by atoms with van der Waals surface area (Å²) in [5, 5.41) is 3.67. The van der Waals surface area contributed by atoms with Crippen molar-refractivity contribution in [1.29, 1.82) is 0 Å². The van der Waals surface area contributed by atoms with Crippen LogP contribution in [0.15, 0.2) is 22.7 Å². The molecule has 0 radical (unpaired) electrons. The van der Waals surface area contributed by atoms with E-state index in [4.69, 9.17) is 9.47 Å². The van der Waals surface area contributed by atoms with Crippen LogP contribution in [0, 0.1) is 5.92 Å². The fraction of sp³-hybridized carbons (Fsp3) is 0.600. The molecule has 0 aromatic heterocycles. The van der Waals surface area contributed by atoms with E-state index < -0.39 is 0 Å². The van der Waals surface area contributed by atoms with Gasteiger partial charge in [-0.1, -0.05) is 22.0 Å². The van der Waals surface area contributed by atoms with Crippen LogP contribution < -0.4 is 10.1 Å². The predicted molar refractivity (Wildman–Crippen MR) is 80.6 cm³/mol. The first kappa shape index (κ1) is 14.8. The number of halogens is 1. The van der Waals surface area contributed by atoms with Gasteiger partial charge in [0.1, 0.15) is 5.75 Å². The average molecular weight is 328 g/mol. The van der Waals surface area contributed by atoms with Crippen LogP contribution in [-0.2, 0) is 4.74 Å². The van der Waals surface area contributed by atoms with Crippen LogP contribution in [0.4, 0.5) is 0 Å². The fourth-order valence-electron chi connectivity index (χ4n) is 2.55. The summed E-state index contributed by atoms with van der Waals surface area (Å²) in [6.45, 7) is 6.22. The summed E-state index contributed by atoms with van der Waals surface area (Å²) >= 11 is 3.62. The van der Waals surface area contributed by atoms with Crippen molar-refractivity contribution in [2.45, 2.75) is 32.4 Å². The molecular weight excluding hydrogens is 306 g/mol. The molecule has 0 amide bonds. The van der Waals surface area contributed by atoms with Gasteiger partial charge in [-0.25, -0.2) is 0 Å². The van der Waals surface area contributed by atoms with Gasteiger partial charge in [-0.2, -0.15) is 0 Å². The Morgan fingerprint density at radius 1 is 1.42 bits per heavy atom. The maximum Gasteiger partial charge on any atom is 0.120 e. The number of benzene rings is 1. The summed E-state index contributed by atoms with van der Waals surface area (Å²) in [4.78, 5) is 0. The topological polar surface area (TPSA) is 30.5 Å². The Balaban J connectivity index is 2.00. The molecule has 3 nitrogen and oxygen atoms in total. The average Bonchev–Trinajstić information content (AvgIpc) is 2.92. The molecule has 1 aliphatic heterocycles. The third-order valence-corrected chi connectivity index (χ3v) is 4.55. The molecule has 1 fully saturated rings. The van der Waals surface area contributed by atoms with Crippen molar-refractivity contribution in [3.05, 3.63) is 28.2 Å². The van der Waals surface area contributed by atoms with E-state index in [0.717, 1.165) is 29.9 Å². The first-order valence-corrected chi connectivity index (χ1v) is 7.58. The third-order valence-electron chi connectivity index (χ3n) is 3.86. The second kappa shape index (κ2) is 6.73. The Morgan fingerprint density at radius 3 is 2.79 bits per heavy atom. The van der Waals surface area contributed by atoms with Crippen LogP contribution >= 0.6 is 15.9 Å². The lowest BCUT2D eigenvalue weighted by molar-refractivity contribution is 0.177. The molecule has 1 heterocycles. The third kappa shape index (κ3) is 3.71. The molecule has 106 valence electrons. The van der Waals surface area contributed by atoms with Crippen LogP contribution in [-0.4, -0.2) is 26.4 Å². The Kier molecular flexibility index (Phi) is 5.25. The van der Waals surface area contributed by atoms with Crippen molar-refractivity contribution >= 4 is 15.9 Å². The van der Waals surface area contributed by atoms with Crippen molar-refractivity contribution in [3.8, 4) is 5.75 Å². The van der Waals surface area contributed by atoms with Crippen molar-refractivity contribution in [3.63, 3.8) is 0 Å². The molecule has 4 heteroatoms. The first-order chi connectivity index (χ1) is 9.11. The highest BCUT2D eigenvalue weighted by Gasteiger charge is 2.24. The molecular formula is C15H22BrNO2. The Hall–Kier alpha value is -0.580. The lowest BCUT2D eigenvalue weighted by atomic mass is 9.98. The quantitative estimate of drug-likeness (QED) is 0.897. The molecule has 3 atom stereocenters. The van der Waals surface area contributed by atoms with Crippen molar-refractivity contribution in [1.82, 2.24) is 5.32 Å². The van der Waals surface area contributed by atoms with E-state index in [2.05, 4.69) is 41.2 Å². The monoisotopic (exact) mass is 327 g/mol. The van der Waals surface area contributed by atoms with Crippen LogP contribution in [0.3, 0.4) is 0 Å². The summed E-state index contributed by atoms with van der Waals surface area (Å²) in [7, 11) is 1.69. The van der Waals surface area contributed by atoms with Gasteiger partial charge in [-0.05, 0) is 43.9 Å². The van der Waals surface area contributed by atoms with Gasteiger partial charge in [-0.15, -0.1) is 0 Å². The molecule has 1 saturated heterocycles. The van der Waals surface area contributed by atoms with Gasteiger partial charge in [0.05, 0.1) is 13.7 Å². The Bertz CT molecular complexity index is 419. The Labute approximate surface area is 123 Å². The molecule has 0 aliphatic carbocycles. The second-order valence-electron chi connectivity index (χ2n) is 5.19. The lowest BCUT2D eigenvalue weighted by Gasteiger charge is -2.25. The van der Waals surface area contributed by atoms with E-state index in [1.807, 2.05) is 12.1 Å². The van der Waals surface area contributed by atoms with Gasteiger partial charge in [0, 0.05) is 23.2 Å². The number of ether oxygens (including phenoxy) is 2. The number of hydrogen-bond acceptors (Lipinski definition) is 3. The zero-order chi connectivity index (χ0) is 13.8. The van der Waals surface area contributed by atoms with Gasteiger partial charge in [-0.3, -0.25) is 0 Å². The minimum atomic E-state index is 0.302. The normalized spacial score (nSPS) is 22.2. The number of hydrogen-bond donors (Lipinski definition) is 1. The fourth-order valence-corrected chi connectivity index (χ4v) is 3.25. The molecule has 1 aromatic carbocycles. The highest BCUT2D eigenvalue weighted by Crippen LogP contribution is 2.28. The lowest BCUT2D eigenvalue weighted by Crippen LogP contribution is -2.35. The molecule has 1 N–H and O–H groups in total. The molecule has 0 saturated carbocycles. The minimum absolute atomic E-state index is 0.302. The van der Waals surface area contributed by atoms with Crippen molar-refractivity contribution in [2.24, 2.45) is 5.92 Å². The van der Waals surface area contributed by atoms with Crippen molar-refractivity contribution in [2.75, 3.05) is 20.3 Å². The van der Waals surface area contributed by atoms with Gasteiger partial charge in [0.25, 0.3) is 0 Å². The number of nitrogens with one attached hydrogen (secondary N) is 1. The maximum atomic E-state index is 5.45. The van der Waals surface area contributed by atoms with E-state index in [9.17, 15) is 0 Å². The molecule has 1 aliphatic rings. The van der Waals surface area contributed by atoms with E-state index in [1.165, 1.54) is 5.56 Å². The maximum absolute atomic E-state index is 5.45. The second-order valence-corrected chi connectivity index (χ2v) is 6.04. The van der Waals surface area contributed by atoms with Gasteiger partial charge in [0.2, 0.25) is 0 Å². The van der Waals surface area contributed by atoms with Gasteiger partial charge < -0.3 is 14.8 Å². The highest BCUT2D eigenvalue weighted by atomic mass is 79.9. The first-order valence-electron chi connectivity index (χ1n) is 6.79. The zero-order valence-electron chi connectivity index (χ0n) is 11.8. The molecule has 0 bridgehead atoms. The predicted octanol–water partition coefficient (Wildman–Crippen LogP) is 3.53. The molecule has 1 aromatic rings. The smallest absolute Gasteiger partial charge is 0.120 e. The van der Waals surface area contributed by atoms with Crippen molar-refractivity contribution < 1.29 is 9.47 Å². The van der Waals surface area contributed by atoms with Crippen LogP contribution in [0.1, 0.15) is 31.9 Å². The standard InChI is InChI=1S/C15H22BrNO2/c1-10(12-6-7-19-9-12)17-11(2)14-5-4-13(18-3)8-15(14)16/h4-5,8,10-12,17H,6-7,9H2,1-3H3/t10-,11+,12+/m1/s1. The van der Waals surface area contributed by atoms with E-state index in [1.54, 1.807) is 7.11 Å². The van der Waals surface area contributed by atoms with Gasteiger partial charge >= 0.3 is 0 Å². The zero-order valence-corrected chi connectivity index (χ0v) is 13.4. The van der Waals surface area contributed by atoms with Crippen LogP contribution in [0.25, 0.3) is 0 Å². The molecule has 0 spiro atoms. The Morgan fingerprint density at radius 2 is 2.21 bits per heavy atom. The molecule has 19 heavy (non-hydrogen) atoms. The minimum Gasteiger partial charge on any atom is -0.497 e. The van der Waals surface area contributed by atoms with E-state index >= 15 is 0 Å². The number of methoxy groups -OCH3 is 1. The van der Waals surface area contributed by atoms with Crippen LogP contribution in [0.2, 0.25) is 0 Å². The summed E-state index contributed by atoms with van der Waals surface area (Å²) in [5.74, 6) is 1.50. The summed E-state index contributed by atoms with van der Waals surface area (Å²) in [6, 6.07) is 6.89. The molecule has 0 unspecified atom stereocenters. The number of rotatable bonds is 5. The van der Waals surface area contributed by atoms with Gasteiger partial charge in [0.15, 0.2) is 0 Å². The summed E-state index contributed by atoms with van der Waals surface area (Å²) < 4.78 is 11.8. The van der Waals surface area contributed by atoms with Crippen LogP contribution in [0.5, 0.6) is 5.75 Å². The summed E-state index contributed by atoms with van der Waals surface area (Å²) in [5.41, 5.74) is 1.26. The molecule has 2 rings (SSSR count). The largest absolute Gasteiger partial charge is 0.497 e. The summed E-state index contributed by atoms with van der Waals surface area (Å²) in [6.07, 6.45) is 1.16. The van der Waals surface area contributed by atoms with E-state index in [-0.39, 0.29) is 0 Å².